The lowest BCUT2D eigenvalue weighted by atomic mass is 10.2. The highest BCUT2D eigenvalue weighted by atomic mass is 16.5. The summed E-state index contributed by atoms with van der Waals surface area (Å²) in [5.41, 5.74) is 1.18. The van der Waals surface area contributed by atoms with Gasteiger partial charge in [0.05, 0.1) is 0 Å². The summed E-state index contributed by atoms with van der Waals surface area (Å²) in [4.78, 5) is 11.0. The Balaban J connectivity index is 1.79. The summed E-state index contributed by atoms with van der Waals surface area (Å²) in [7, 11) is 0. The molecule has 2 N–H and O–H groups in total. The average Bonchev–Trinajstić information content (AvgIpc) is 2.81. The van der Waals surface area contributed by atoms with Gasteiger partial charge in [0, 0.05) is 25.6 Å². The van der Waals surface area contributed by atoms with Crippen LogP contribution >= 0.6 is 0 Å². The largest absolute Gasteiger partial charge is 0.490 e. The van der Waals surface area contributed by atoms with Crippen LogP contribution in [-0.4, -0.2) is 25.1 Å². The molecule has 0 aromatic heterocycles. The van der Waals surface area contributed by atoms with Gasteiger partial charge in [0.1, 0.15) is 12.4 Å². The molecule has 1 saturated heterocycles. The Hall–Kier alpha value is -1.81. The normalized spacial score (nSPS) is 18.4. The third-order valence-electron chi connectivity index (χ3n) is 2.86. The van der Waals surface area contributed by atoms with Gasteiger partial charge in [0.15, 0.2) is 0 Å². The zero-order chi connectivity index (χ0) is 12.8. The molecule has 1 aliphatic heterocycles. The second-order valence-corrected chi connectivity index (χ2v) is 4.33. The molecule has 0 bridgehead atoms. The Kier molecular flexibility index (Phi) is 4.36. The van der Waals surface area contributed by atoms with Crippen molar-refractivity contribution in [1.82, 2.24) is 10.6 Å². The molecular formula is C14H18N2O2. The van der Waals surface area contributed by atoms with E-state index < -0.39 is 0 Å². The highest BCUT2D eigenvalue weighted by molar-refractivity contribution is 5.78. The van der Waals surface area contributed by atoms with Crippen molar-refractivity contribution in [2.24, 2.45) is 0 Å². The van der Waals surface area contributed by atoms with Gasteiger partial charge in [-0.1, -0.05) is 24.8 Å². The highest BCUT2D eigenvalue weighted by Crippen LogP contribution is 2.12. The van der Waals surface area contributed by atoms with Crippen LogP contribution in [0.1, 0.15) is 12.0 Å². The van der Waals surface area contributed by atoms with Gasteiger partial charge in [0.25, 0.3) is 0 Å². The predicted molar refractivity (Wildman–Crippen MR) is 70.4 cm³/mol. The zero-order valence-corrected chi connectivity index (χ0v) is 10.3. The number of hydrogen-bond acceptors (Lipinski definition) is 3. The van der Waals surface area contributed by atoms with E-state index in [-0.39, 0.29) is 11.9 Å². The first-order valence-corrected chi connectivity index (χ1v) is 6.10. The molecule has 0 radical (unpaired) electrons. The molecule has 0 saturated carbocycles. The zero-order valence-electron chi connectivity index (χ0n) is 10.3. The van der Waals surface area contributed by atoms with Crippen molar-refractivity contribution in [2.45, 2.75) is 19.0 Å². The van der Waals surface area contributed by atoms with Gasteiger partial charge in [-0.05, 0) is 17.7 Å². The lowest BCUT2D eigenvalue weighted by Crippen LogP contribution is -2.30. The maximum atomic E-state index is 11.0. The molecule has 1 aromatic rings. The minimum Gasteiger partial charge on any atom is -0.490 e. The second kappa shape index (κ2) is 6.21. The fourth-order valence-corrected chi connectivity index (χ4v) is 1.87. The van der Waals surface area contributed by atoms with Gasteiger partial charge in [-0.25, -0.2) is 0 Å². The quantitative estimate of drug-likeness (QED) is 0.742. The third kappa shape index (κ3) is 3.60. The van der Waals surface area contributed by atoms with E-state index in [1.807, 2.05) is 24.3 Å². The summed E-state index contributed by atoms with van der Waals surface area (Å²) in [5, 5.41) is 6.16. The van der Waals surface area contributed by atoms with Crippen LogP contribution in [0.2, 0.25) is 0 Å². The van der Waals surface area contributed by atoms with E-state index in [0.29, 0.717) is 13.0 Å². The monoisotopic (exact) mass is 246 g/mol. The third-order valence-corrected chi connectivity index (χ3v) is 2.86. The number of rotatable bonds is 6. The molecule has 4 nitrogen and oxygen atoms in total. The molecule has 1 atom stereocenters. The molecule has 96 valence electrons. The standard InChI is InChI=1S/C14H18N2O2/c1-2-7-18-13-5-3-11(4-6-13)9-15-12-8-14(17)16-10-12/h2-6,12,15H,1,7-10H2,(H,16,17). The summed E-state index contributed by atoms with van der Waals surface area (Å²) >= 11 is 0. The molecule has 1 aliphatic rings. The summed E-state index contributed by atoms with van der Waals surface area (Å²) in [6.07, 6.45) is 2.29. The molecule has 1 heterocycles. The number of carbonyl (C=O) groups excluding carboxylic acids is 1. The summed E-state index contributed by atoms with van der Waals surface area (Å²) in [6, 6.07) is 8.18. The minimum atomic E-state index is 0.126. The number of benzene rings is 1. The Morgan fingerprint density at radius 2 is 2.22 bits per heavy atom. The highest BCUT2D eigenvalue weighted by Gasteiger charge is 2.20. The minimum absolute atomic E-state index is 0.126. The van der Waals surface area contributed by atoms with E-state index in [9.17, 15) is 4.79 Å². The van der Waals surface area contributed by atoms with E-state index in [2.05, 4.69) is 17.2 Å². The number of carbonyl (C=O) groups is 1. The molecule has 1 unspecified atom stereocenters. The number of amides is 1. The fourth-order valence-electron chi connectivity index (χ4n) is 1.87. The molecule has 2 rings (SSSR count). The number of nitrogens with one attached hydrogen (secondary N) is 2. The van der Waals surface area contributed by atoms with Gasteiger partial charge < -0.3 is 15.4 Å². The van der Waals surface area contributed by atoms with Crippen LogP contribution in [0.5, 0.6) is 5.75 Å². The number of ether oxygens (including phenoxy) is 1. The maximum Gasteiger partial charge on any atom is 0.221 e. The van der Waals surface area contributed by atoms with Crippen molar-refractivity contribution in [3.05, 3.63) is 42.5 Å². The van der Waals surface area contributed by atoms with Crippen LogP contribution in [0.3, 0.4) is 0 Å². The molecule has 1 fully saturated rings. The van der Waals surface area contributed by atoms with Crippen LogP contribution in [0.4, 0.5) is 0 Å². The second-order valence-electron chi connectivity index (χ2n) is 4.33. The van der Waals surface area contributed by atoms with Crippen molar-refractivity contribution >= 4 is 5.91 Å². The summed E-state index contributed by atoms with van der Waals surface area (Å²) < 4.78 is 5.41. The SMILES string of the molecule is C=CCOc1ccc(CNC2CNC(=O)C2)cc1. The topological polar surface area (TPSA) is 50.4 Å². The maximum absolute atomic E-state index is 11.0. The Morgan fingerprint density at radius 1 is 1.44 bits per heavy atom. The van der Waals surface area contributed by atoms with Gasteiger partial charge in [-0.2, -0.15) is 0 Å². The predicted octanol–water partition coefficient (Wildman–Crippen LogP) is 1.23. The van der Waals surface area contributed by atoms with Gasteiger partial charge in [-0.3, -0.25) is 4.79 Å². The molecule has 18 heavy (non-hydrogen) atoms. The van der Waals surface area contributed by atoms with Gasteiger partial charge in [0.2, 0.25) is 5.91 Å². The van der Waals surface area contributed by atoms with E-state index in [1.54, 1.807) is 6.08 Å². The van der Waals surface area contributed by atoms with Crippen LogP contribution < -0.4 is 15.4 Å². The smallest absolute Gasteiger partial charge is 0.221 e. The van der Waals surface area contributed by atoms with Crippen molar-refractivity contribution in [2.75, 3.05) is 13.2 Å². The lowest BCUT2D eigenvalue weighted by molar-refractivity contribution is -0.119. The van der Waals surface area contributed by atoms with Crippen LogP contribution in [-0.2, 0) is 11.3 Å². The summed E-state index contributed by atoms with van der Waals surface area (Å²) in [6.45, 7) is 5.61. The van der Waals surface area contributed by atoms with Gasteiger partial charge in [-0.15, -0.1) is 0 Å². The molecule has 1 amide bonds. The molecule has 1 aromatic carbocycles. The van der Waals surface area contributed by atoms with E-state index in [0.717, 1.165) is 18.8 Å². The lowest BCUT2D eigenvalue weighted by Gasteiger charge is -2.10. The summed E-state index contributed by atoms with van der Waals surface area (Å²) in [5.74, 6) is 0.969. The average molecular weight is 246 g/mol. The first-order valence-electron chi connectivity index (χ1n) is 6.10. The van der Waals surface area contributed by atoms with E-state index in [1.165, 1.54) is 5.56 Å². The Morgan fingerprint density at radius 3 is 2.83 bits per heavy atom. The fraction of sp³-hybridized carbons (Fsp3) is 0.357. The van der Waals surface area contributed by atoms with Crippen LogP contribution in [0.25, 0.3) is 0 Å². The van der Waals surface area contributed by atoms with E-state index >= 15 is 0 Å². The Labute approximate surface area is 107 Å². The van der Waals surface area contributed by atoms with E-state index in [4.69, 9.17) is 4.74 Å². The number of hydrogen-bond donors (Lipinski definition) is 2. The first kappa shape index (κ1) is 12.6. The molecule has 4 heteroatoms. The molecule has 0 aliphatic carbocycles. The molecular weight excluding hydrogens is 228 g/mol. The van der Waals surface area contributed by atoms with Crippen LogP contribution in [0.15, 0.2) is 36.9 Å². The Bertz CT molecular complexity index is 414. The first-order chi connectivity index (χ1) is 8.78. The van der Waals surface area contributed by atoms with Gasteiger partial charge >= 0.3 is 0 Å². The van der Waals surface area contributed by atoms with Crippen LogP contribution in [0, 0.1) is 0 Å². The van der Waals surface area contributed by atoms with Crippen molar-refractivity contribution < 1.29 is 9.53 Å². The van der Waals surface area contributed by atoms with Crippen molar-refractivity contribution in [1.29, 1.82) is 0 Å². The van der Waals surface area contributed by atoms with Crippen molar-refractivity contribution in [3.63, 3.8) is 0 Å². The molecule has 0 spiro atoms. The van der Waals surface area contributed by atoms with Crippen molar-refractivity contribution in [3.8, 4) is 5.75 Å².